The number of amides is 1. The molecule has 2 aromatic rings. The highest BCUT2D eigenvalue weighted by Crippen LogP contribution is 2.27. The molecule has 26 heavy (non-hydrogen) atoms. The second-order valence-corrected chi connectivity index (χ2v) is 7.13. The van der Waals surface area contributed by atoms with Crippen molar-refractivity contribution >= 4 is 5.91 Å². The number of rotatable bonds is 6. The van der Waals surface area contributed by atoms with Gasteiger partial charge in [-0.25, -0.2) is 9.97 Å². The Morgan fingerprint density at radius 1 is 1.31 bits per heavy atom. The van der Waals surface area contributed by atoms with Crippen molar-refractivity contribution in [3.63, 3.8) is 0 Å². The van der Waals surface area contributed by atoms with Gasteiger partial charge in [0.15, 0.2) is 0 Å². The predicted octanol–water partition coefficient (Wildman–Crippen LogP) is 1.35. The maximum atomic E-state index is 12.5. The van der Waals surface area contributed by atoms with Crippen LogP contribution < -0.4 is 5.32 Å². The van der Waals surface area contributed by atoms with E-state index in [2.05, 4.69) is 20.4 Å². The first-order chi connectivity index (χ1) is 12.5. The number of hydrogen-bond acceptors (Lipinski definition) is 5. The fourth-order valence-corrected chi connectivity index (χ4v) is 3.74. The summed E-state index contributed by atoms with van der Waals surface area (Å²) in [5.41, 5.74) is 2.58. The molecule has 0 saturated heterocycles. The van der Waals surface area contributed by atoms with E-state index in [9.17, 15) is 9.90 Å². The van der Waals surface area contributed by atoms with Gasteiger partial charge in [0.05, 0.1) is 18.6 Å². The Bertz CT molecular complexity index is 736. The summed E-state index contributed by atoms with van der Waals surface area (Å²) in [5.74, 6) is 1.02. The van der Waals surface area contributed by atoms with Crippen LogP contribution in [-0.2, 0) is 24.2 Å². The number of aliphatic hydroxyl groups is 1. The monoisotopic (exact) mass is 357 g/mol. The van der Waals surface area contributed by atoms with Crippen LogP contribution in [0, 0.1) is 19.8 Å². The Morgan fingerprint density at radius 2 is 2.04 bits per heavy atom. The van der Waals surface area contributed by atoms with Gasteiger partial charge in [0.25, 0.3) is 0 Å². The molecule has 1 aliphatic rings. The van der Waals surface area contributed by atoms with Gasteiger partial charge >= 0.3 is 0 Å². The third kappa shape index (κ3) is 4.27. The average molecular weight is 357 g/mol. The van der Waals surface area contributed by atoms with Crippen LogP contribution in [0.5, 0.6) is 0 Å². The molecular formula is C19H27N5O2. The molecule has 1 saturated carbocycles. The third-order valence-corrected chi connectivity index (χ3v) is 5.10. The van der Waals surface area contributed by atoms with E-state index in [1.165, 1.54) is 0 Å². The smallest absolute Gasteiger partial charge is 0.224 e. The van der Waals surface area contributed by atoms with Gasteiger partial charge in [0.1, 0.15) is 5.82 Å². The van der Waals surface area contributed by atoms with E-state index < -0.39 is 6.10 Å². The number of carbonyl (C=O) groups excluding carboxylic acids is 1. The molecule has 1 amide bonds. The molecule has 1 unspecified atom stereocenters. The van der Waals surface area contributed by atoms with E-state index in [4.69, 9.17) is 0 Å². The fraction of sp³-hybridized carbons (Fsp3) is 0.579. The zero-order valence-corrected chi connectivity index (χ0v) is 15.6. The number of hydrogen-bond donors (Lipinski definition) is 2. The van der Waals surface area contributed by atoms with Crippen molar-refractivity contribution in [1.82, 2.24) is 25.1 Å². The lowest BCUT2D eigenvalue weighted by Gasteiger charge is -2.17. The molecule has 0 aromatic carbocycles. The van der Waals surface area contributed by atoms with Gasteiger partial charge in [-0.1, -0.05) is 6.92 Å². The Kier molecular flexibility index (Phi) is 5.66. The summed E-state index contributed by atoms with van der Waals surface area (Å²) < 4.78 is 1.88. The lowest BCUT2D eigenvalue weighted by molar-refractivity contribution is -0.121. The average Bonchev–Trinajstić information content (AvgIpc) is 3.21. The van der Waals surface area contributed by atoms with Crippen molar-refractivity contribution in [1.29, 1.82) is 0 Å². The maximum Gasteiger partial charge on any atom is 0.224 e. The highest BCUT2D eigenvalue weighted by molar-refractivity contribution is 5.79. The van der Waals surface area contributed by atoms with Gasteiger partial charge in [-0.2, -0.15) is 5.10 Å². The number of carbonyl (C=O) groups is 1. The Hall–Kier alpha value is -2.28. The normalized spacial score (nSPS) is 22.5. The van der Waals surface area contributed by atoms with Crippen molar-refractivity contribution < 1.29 is 9.90 Å². The zero-order valence-electron chi connectivity index (χ0n) is 15.6. The van der Waals surface area contributed by atoms with Crippen molar-refractivity contribution in [3.8, 4) is 0 Å². The highest BCUT2D eigenvalue weighted by atomic mass is 16.3. The second kappa shape index (κ2) is 7.95. The van der Waals surface area contributed by atoms with Gasteiger partial charge in [-0.15, -0.1) is 0 Å². The van der Waals surface area contributed by atoms with Gasteiger partial charge in [0.2, 0.25) is 5.91 Å². The van der Waals surface area contributed by atoms with Crippen LogP contribution in [-0.4, -0.2) is 42.9 Å². The summed E-state index contributed by atoms with van der Waals surface area (Å²) in [5, 5.41) is 17.5. The first kappa shape index (κ1) is 18.5. The predicted molar refractivity (Wildman–Crippen MR) is 97.5 cm³/mol. The van der Waals surface area contributed by atoms with Crippen LogP contribution in [0.1, 0.15) is 42.5 Å². The first-order valence-corrected chi connectivity index (χ1v) is 9.24. The molecule has 0 bridgehead atoms. The molecular weight excluding hydrogens is 330 g/mol. The molecule has 0 spiro atoms. The lowest BCUT2D eigenvalue weighted by Crippen LogP contribution is -2.40. The quantitative estimate of drug-likeness (QED) is 0.814. The molecule has 3 atom stereocenters. The van der Waals surface area contributed by atoms with Crippen molar-refractivity contribution in [2.75, 3.05) is 0 Å². The van der Waals surface area contributed by atoms with E-state index in [1.54, 1.807) is 6.20 Å². The van der Waals surface area contributed by atoms with E-state index in [-0.39, 0.29) is 18.4 Å². The minimum absolute atomic E-state index is 0.0900. The zero-order chi connectivity index (χ0) is 18.7. The van der Waals surface area contributed by atoms with Crippen LogP contribution >= 0.6 is 0 Å². The van der Waals surface area contributed by atoms with Gasteiger partial charge in [-0.05, 0) is 38.7 Å². The topological polar surface area (TPSA) is 92.9 Å². The molecule has 140 valence electrons. The summed E-state index contributed by atoms with van der Waals surface area (Å²) in [7, 11) is 0. The van der Waals surface area contributed by atoms with Crippen LogP contribution in [0.15, 0.2) is 18.5 Å². The van der Waals surface area contributed by atoms with Crippen LogP contribution in [0.25, 0.3) is 0 Å². The van der Waals surface area contributed by atoms with Crippen molar-refractivity contribution in [2.24, 2.45) is 5.92 Å². The first-order valence-electron chi connectivity index (χ1n) is 9.24. The summed E-state index contributed by atoms with van der Waals surface area (Å²) in [6.07, 6.45) is 5.62. The molecule has 1 aliphatic carbocycles. The fourth-order valence-electron chi connectivity index (χ4n) is 3.74. The number of nitrogens with one attached hydrogen (secondary N) is 1. The number of nitrogens with zero attached hydrogens (tertiary/aromatic N) is 4. The van der Waals surface area contributed by atoms with E-state index in [0.717, 1.165) is 42.2 Å². The Balaban J connectivity index is 1.58. The summed E-state index contributed by atoms with van der Waals surface area (Å²) in [6, 6.07) is 1.68. The minimum atomic E-state index is -0.513. The molecule has 0 radical (unpaired) electrons. The third-order valence-electron chi connectivity index (χ3n) is 5.10. The van der Waals surface area contributed by atoms with Crippen LogP contribution in [0.3, 0.4) is 0 Å². The molecule has 2 N–H and O–H groups in total. The molecule has 7 nitrogen and oxygen atoms in total. The molecule has 0 aliphatic heterocycles. The summed E-state index contributed by atoms with van der Waals surface area (Å²) >= 11 is 0. The van der Waals surface area contributed by atoms with E-state index in [0.29, 0.717) is 12.3 Å². The minimum Gasteiger partial charge on any atom is -0.391 e. The Labute approximate surface area is 153 Å². The highest BCUT2D eigenvalue weighted by Gasteiger charge is 2.34. The number of aryl methyl sites for hydroxylation is 3. The van der Waals surface area contributed by atoms with Crippen LogP contribution in [0.4, 0.5) is 0 Å². The number of aromatic nitrogens is 4. The molecule has 1 fully saturated rings. The summed E-state index contributed by atoms with van der Waals surface area (Å²) in [4.78, 5) is 21.4. The van der Waals surface area contributed by atoms with Crippen molar-refractivity contribution in [3.05, 3.63) is 41.2 Å². The standard InChI is InChI=1S/C19H27N5O2/c1-4-18-21-12(2)15(13(3)22-18)10-19(26)23-16-8-14(9-17(16)25)11-24-7-5-6-20-24/h5-7,14,16-17,25H,4,8-11H2,1-3H3,(H,23,26)/t14?,16-,17-/m1/s1. The van der Waals surface area contributed by atoms with Gasteiger partial charge in [0, 0.05) is 42.3 Å². The summed E-state index contributed by atoms with van der Waals surface area (Å²) in [6.45, 7) is 6.62. The SMILES string of the molecule is CCc1nc(C)c(CC(=O)N[C@@H]2CC(Cn3cccn3)C[C@H]2O)c(C)n1. The lowest BCUT2D eigenvalue weighted by atomic mass is 10.1. The molecule has 7 heteroatoms. The Morgan fingerprint density at radius 3 is 2.65 bits per heavy atom. The van der Waals surface area contributed by atoms with Gasteiger partial charge in [-0.3, -0.25) is 9.48 Å². The molecule has 2 heterocycles. The van der Waals surface area contributed by atoms with Gasteiger partial charge < -0.3 is 10.4 Å². The van der Waals surface area contributed by atoms with Crippen molar-refractivity contribution in [2.45, 2.75) is 65.1 Å². The largest absolute Gasteiger partial charge is 0.391 e. The second-order valence-electron chi connectivity index (χ2n) is 7.13. The number of aliphatic hydroxyl groups excluding tert-OH is 1. The molecule has 2 aromatic heterocycles. The maximum absolute atomic E-state index is 12.5. The van der Waals surface area contributed by atoms with E-state index >= 15 is 0 Å². The van der Waals surface area contributed by atoms with E-state index in [1.807, 2.05) is 37.7 Å². The molecule has 3 rings (SSSR count). The van der Waals surface area contributed by atoms with Crippen LogP contribution in [0.2, 0.25) is 0 Å².